The molecular formula is C17H26O4. The number of para-hydroxylation sites is 1. The minimum Gasteiger partial charge on any atom is -0.491 e. The van der Waals surface area contributed by atoms with Crippen LogP contribution in [-0.4, -0.2) is 36.6 Å². The Bertz CT molecular complexity index is 495. The summed E-state index contributed by atoms with van der Waals surface area (Å²) in [5, 5.41) is 11.3. The van der Waals surface area contributed by atoms with Crippen molar-refractivity contribution in [1.82, 2.24) is 0 Å². The molecule has 118 valence electrons. The largest absolute Gasteiger partial charge is 0.491 e. The molecule has 0 amide bonds. The van der Waals surface area contributed by atoms with Gasteiger partial charge in [0.25, 0.3) is 0 Å². The van der Waals surface area contributed by atoms with E-state index in [0.29, 0.717) is 25.4 Å². The monoisotopic (exact) mass is 294 g/mol. The summed E-state index contributed by atoms with van der Waals surface area (Å²) in [5.41, 5.74) is -1.37. The third kappa shape index (κ3) is 3.07. The van der Waals surface area contributed by atoms with E-state index in [9.17, 15) is 5.11 Å². The standard InChI is InChI=1S/C17H26O4/c1-15(2)12-17(18,16(3,4)21-15)13-8-6-7-9-14(13)20-11-10-19-5/h6-9,18H,10-12H2,1-5H3. The minimum absolute atomic E-state index is 0.377. The van der Waals surface area contributed by atoms with Crippen molar-refractivity contribution in [2.75, 3.05) is 20.3 Å². The topological polar surface area (TPSA) is 47.9 Å². The predicted molar refractivity (Wildman–Crippen MR) is 81.6 cm³/mol. The fraction of sp³-hybridized carbons (Fsp3) is 0.647. The van der Waals surface area contributed by atoms with Gasteiger partial charge < -0.3 is 19.3 Å². The molecule has 1 aromatic rings. The molecule has 1 aliphatic heterocycles. The maximum atomic E-state index is 11.3. The number of hydrogen-bond donors (Lipinski definition) is 1. The molecule has 1 aromatic carbocycles. The lowest BCUT2D eigenvalue weighted by molar-refractivity contribution is -0.130. The van der Waals surface area contributed by atoms with Crippen molar-refractivity contribution in [2.24, 2.45) is 0 Å². The number of methoxy groups -OCH3 is 1. The van der Waals surface area contributed by atoms with E-state index < -0.39 is 11.2 Å². The molecule has 0 aromatic heterocycles. The fourth-order valence-electron chi connectivity index (χ4n) is 3.23. The number of aliphatic hydroxyl groups is 1. The maximum absolute atomic E-state index is 11.3. The average molecular weight is 294 g/mol. The first-order chi connectivity index (χ1) is 9.72. The Morgan fingerprint density at radius 3 is 2.38 bits per heavy atom. The Morgan fingerprint density at radius 2 is 1.81 bits per heavy atom. The Hall–Kier alpha value is -1.10. The van der Waals surface area contributed by atoms with E-state index in [1.807, 2.05) is 52.0 Å². The Morgan fingerprint density at radius 1 is 1.14 bits per heavy atom. The molecule has 0 aliphatic carbocycles. The van der Waals surface area contributed by atoms with Crippen LogP contribution < -0.4 is 4.74 Å². The van der Waals surface area contributed by atoms with Crippen LogP contribution >= 0.6 is 0 Å². The summed E-state index contributed by atoms with van der Waals surface area (Å²) in [7, 11) is 1.64. The van der Waals surface area contributed by atoms with Gasteiger partial charge in [0.15, 0.2) is 0 Å². The molecule has 0 saturated carbocycles. The highest BCUT2D eigenvalue weighted by Gasteiger charge is 2.58. The van der Waals surface area contributed by atoms with Gasteiger partial charge in [-0.3, -0.25) is 0 Å². The summed E-state index contributed by atoms with van der Waals surface area (Å²) in [6.07, 6.45) is 0.525. The molecule has 1 N–H and O–H groups in total. The van der Waals surface area contributed by atoms with E-state index in [1.165, 1.54) is 0 Å². The molecular weight excluding hydrogens is 268 g/mol. The second-order valence-electron chi connectivity index (χ2n) is 6.75. The Kier molecular flexibility index (Phi) is 4.34. The molecule has 4 heteroatoms. The molecule has 1 atom stereocenters. The van der Waals surface area contributed by atoms with Crippen LogP contribution in [0.25, 0.3) is 0 Å². The molecule has 4 nitrogen and oxygen atoms in total. The van der Waals surface area contributed by atoms with Crippen molar-refractivity contribution >= 4 is 0 Å². The minimum atomic E-state index is -1.08. The van der Waals surface area contributed by atoms with Gasteiger partial charge >= 0.3 is 0 Å². The molecule has 1 heterocycles. The molecule has 2 rings (SSSR count). The summed E-state index contributed by atoms with van der Waals surface area (Å²) >= 11 is 0. The lowest BCUT2D eigenvalue weighted by Crippen LogP contribution is -2.43. The Labute approximate surface area is 127 Å². The van der Waals surface area contributed by atoms with Crippen LogP contribution in [0.4, 0.5) is 0 Å². The van der Waals surface area contributed by atoms with Gasteiger partial charge in [-0.15, -0.1) is 0 Å². The van der Waals surface area contributed by atoms with Crippen LogP contribution in [0.15, 0.2) is 24.3 Å². The first-order valence-corrected chi connectivity index (χ1v) is 7.36. The quantitative estimate of drug-likeness (QED) is 0.848. The second kappa shape index (κ2) is 5.59. The van der Waals surface area contributed by atoms with Crippen molar-refractivity contribution in [3.8, 4) is 5.75 Å². The highest BCUT2D eigenvalue weighted by Crippen LogP contribution is 2.52. The van der Waals surface area contributed by atoms with Crippen molar-refractivity contribution in [1.29, 1.82) is 0 Å². The zero-order chi connectivity index (χ0) is 15.7. The van der Waals surface area contributed by atoms with Gasteiger partial charge in [-0.2, -0.15) is 0 Å². The maximum Gasteiger partial charge on any atom is 0.125 e. The summed E-state index contributed by atoms with van der Waals surface area (Å²) in [6.45, 7) is 8.82. The van der Waals surface area contributed by atoms with Crippen molar-refractivity contribution in [3.05, 3.63) is 29.8 Å². The Balaban J connectivity index is 2.36. The molecule has 0 spiro atoms. The highest BCUT2D eigenvalue weighted by atomic mass is 16.6. The van der Waals surface area contributed by atoms with Crippen molar-refractivity contribution in [2.45, 2.75) is 50.9 Å². The summed E-state index contributed by atoms with van der Waals surface area (Å²) in [6, 6.07) is 7.61. The third-order valence-electron chi connectivity index (χ3n) is 4.09. The number of hydrogen-bond acceptors (Lipinski definition) is 4. The van der Waals surface area contributed by atoms with E-state index >= 15 is 0 Å². The summed E-state index contributed by atoms with van der Waals surface area (Å²) < 4.78 is 16.8. The van der Waals surface area contributed by atoms with Crippen molar-refractivity contribution < 1.29 is 19.3 Å². The first kappa shape index (κ1) is 16.3. The zero-order valence-corrected chi connectivity index (χ0v) is 13.6. The van der Waals surface area contributed by atoms with Gasteiger partial charge in [-0.1, -0.05) is 18.2 Å². The van der Waals surface area contributed by atoms with Gasteiger partial charge in [-0.25, -0.2) is 0 Å². The molecule has 21 heavy (non-hydrogen) atoms. The highest BCUT2D eigenvalue weighted by molar-refractivity contribution is 5.41. The van der Waals surface area contributed by atoms with E-state index in [0.717, 1.165) is 5.56 Å². The molecule has 1 saturated heterocycles. The van der Waals surface area contributed by atoms with Gasteiger partial charge in [0, 0.05) is 19.1 Å². The van der Waals surface area contributed by atoms with Crippen LogP contribution in [0.3, 0.4) is 0 Å². The number of rotatable bonds is 5. The average Bonchev–Trinajstić information content (AvgIpc) is 2.54. The second-order valence-corrected chi connectivity index (χ2v) is 6.75. The van der Waals surface area contributed by atoms with Gasteiger partial charge in [-0.05, 0) is 33.8 Å². The normalized spacial score (nSPS) is 26.8. The van der Waals surface area contributed by atoms with Crippen LogP contribution in [0.5, 0.6) is 5.75 Å². The molecule has 1 fully saturated rings. The van der Waals surface area contributed by atoms with Crippen LogP contribution in [0, 0.1) is 0 Å². The smallest absolute Gasteiger partial charge is 0.125 e. The molecule has 0 bridgehead atoms. The first-order valence-electron chi connectivity index (χ1n) is 7.36. The van der Waals surface area contributed by atoms with E-state index in [4.69, 9.17) is 14.2 Å². The van der Waals surface area contributed by atoms with E-state index in [2.05, 4.69) is 0 Å². The molecule has 1 aliphatic rings. The van der Waals surface area contributed by atoms with Gasteiger partial charge in [0.2, 0.25) is 0 Å². The van der Waals surface area contributed by atoms with Crippen LogP contribution in [-0.2, 0) is 15.1 Å². The van der Waals surface area contributed by atoms with Crippen LogP contribution in [0.1, 0.15) is 39.7 Å². The van der Waals surface area contributed by atoms with Gasteiger partial charge in [0.05, 0.1) is 17.8 Å². The fourth-order valence-corrected chi connectivity index (χ4v) is 3.23. The summed E-state index contributed by atoms with van der Waals surface area (Å²) in [4.78, 5) is 0. The van der Waals surface area contributed by atoms with Crippen LogP contribution in [0.2, 0.25) is 0 Å². The summed E-state index contributed by atoms with van der Waals surface area (Å²) in [5.74, 6) is 0.687. The zero-order valence-electron chi connectivity index (χ0n) is 13.6. The van der Waals surface area contributed by atoms with E-state index in [1.54, 1.807) is 7.11 Å². The molecule has 0 radical (unpaired) electrons. The van der Waals surface area contributed by atoms with Crippen molar-refractivity contribution in [3.63, 3.8) is 0 Å². The predicted octanol–water partition coefficient (Wildman–Crippen LogP) is 2.88. The van der Waals surface area contributed by atoms with E-state index in [-0.39, 0.29) is 5.60 Å². The molecule has 1 unspecified atom stereocenters. The lowest BCUT2D eigenvalue weighted by Gasteiger charge is -2.36. The third-order valence-corrected chi connectivity index (χ3v) is 4.09. The lowest BCUT2D eigenvalue weighted by atomic mass is 9.77. The number of ether oxygens (including phenoxy) is 3. The van der Waals surface area contributed by atoms with Gasteiger partial charge in [0.1, 0.15) is 18.0 Å². The SMILES string of the molecule is COCCOc1ccccc1C1(O)CC(C)(C)OC1(C)C. The number of benzene rings is 1.